The number of H-pyrrole nitrogens is 1. The van der Waals surface area contributed by atoms with E-state index in [9.17, 15) is 0 Å². The SMILES string of the molecule is COc1cc(N)ccc1CSc1nc2ccc(C)cc2[nH]1. The molecule has 3 aromatic rings. The molecule has 0 spiro atoms. The number of aromatic nitrogens is 2. The highest BCUT2D eigenvalue weighted by atomic mass is 32.2. The molecule has 0 radical (unpaired) electrons. The predicted molar refractivity (Wildman–Crippen MR) is 87.8 cm³/mol. The van der Waals surface area contributed by atoms with Gasteiger partial charge in [0, 0.05) is 23.1 Å². The third-order valence-corrected chi connectivity index (χ3v) is 4.21. The van der Waals surface area contributed by atoms with E-state index in [-0.39, 0.29) is 0 Å². The van der Waals surface area contributed by atoms with Crippen LogP contribution in [-0.2, 0) is 5.75 Å². The van der Waals surface area contributed by atoms with Gasteiger partial charge >= 0.3 is 0 Å². The second-order valence-electron chi connectivity index (χ2n) is 4.92. The molecule has 0 unspecified atom stereocenters. The van der Waals surface area contributed by atoms with Gasteiger partial charge in [0.05, 0.1) is 18.1 Å². The molecule has 0 saturated heterocycles. The summed E-state index contributed by atoms with van der Waals surface area (Å²) in [6.45, 7) is 2.08. The summed E-state index contributed by atoms with van der Waals surface area (Å²) >= 11 is 1.65. The Kier molecular flexibility index (Phi) is 3.75. The molecule has 0 aliphatic heterocycles. The lowest BCUT2D eigenvalue weighted by atomic mass is 10.2. The van der Waals surface area contributed by atoms with Gasteiger partial charge < -0.3 is 15.5 Å². The lowest BCUT2D eigenvalue weighted by molar-refractivity contribution is 0.411. The average Bonchev–Trinajstić information content (AvgIpc) is 2.87. The van der Waals surface area contributed by atoms with E-state index >= 15 is 0 Å². The van der Waals surface area contributed by atoms with Crippen LogP contribution in [0.3, 0.4) is 0 Å². The molecule has 1 aromatic heterocycles. The van der Waals surface area contributed by atoms with Gasteiger partial charge in [-0.2, -0.15) is 0 Å². The number of nitrogens with one attached hydrogen (secondary N) is 1. The highest BCUT2D eigenvalue weighted by molar-refractivity contribution is 7.98. The second-order valence-corrected chi connectivity index (χ2v) is 5.89. The monoisotopic (exact) mass is 299 g/mol. The summed E-state index contributed by atoms with van der Waals surface area (Å²) in [6, 6.07) is 11.9. The van der Waals surface area contributed by atoms with Crippen molar-refractivity contribution in [3.05, 3.63) is 47.5 Å². The van der Waals surface area contributed by atoms with E-state index in [1.807, 2.05) is 24.3 Å². The topological polar surface area (TPSA) is 63.9 Å². The molecule has 108 valence electrons. The normalized spacial score (nSPS) is 11.0. The molecule has 21 heavy (non-hydrogen) atoms. The van der Waals surface area contributed by atoms with Crippen LogP contribution >= 0.6 is 11.8 Å². The van der Waals surface area contributed by atoms with Crippen molar-refractivity contribution >= 4 is 28.5 Å². The van der Waals surface area contributed by atoms with E-state index in [2.05, 4.69) is 29.0 Å². The zero-order valence-electron chi connectivity index (χ0n) is 12.0. The first-order valence-corrected chi connectivity index (χ1v) is 7.66. The molecule has 1 heterocycles. The Bertz CT molecular complexity index is 782. The maximum absolute atomic E-state index is 5.77. The van der Waals surface area contributed by atoms with Gasteiger partial charge in [0.25, 0.3) is 0 Å². The second kappa shape index (κ2) is 5.69. The molecule has 0 fully saturated rings. The van der Waals surface area contributed by atoms with Crippen molar-refractivity contribution < 1.29 is 4.74 Å². The number of methoxy groups -OCH3 is 1. The summed E-state index contributed by atoms with van der Waals surface area (Å²) in [4.78, 5) is 7.93. The predicted octanol–water partition coefficient (Wildman–Crippen LogP) is 3.75. The van der Waals surface area contributed by atoms with E-state index in [4.69, 9.17) is 10.5 Å². The fourth-order valence-electron chi connectivity index (χ4n) is 2.19. The summed E-state index contributed by atoms with van der Waals surface area (Å²) in [5.74, 6) is 1.59. The van der Waals surface area contributed by atoms with Gasteiger partial charge in [-0.1, -0.05) is 23.9 Å². The third kappa shape index (κ3) is 2.97. The Balaban J connectivity index is 1.80. The van der Waals surface area contributed by atoms with Gasteiger partial charge in [-0.25, -0.2) is 4.98 Å². The van der Waals surface area contributed by atoms with Crippen LogP contribution in [0, 0.1) is 6.92 Å². The van der Waals surface area contributed by atoms with Gasteiger partial charge in [-0.05, 0) is 30.7 Å². The van der Waals surface area contributed by atoms with Crippen LogP contribution in [0.25, 0.3) is 11.0 Å². The maximum Gasteiger partial charge on any atom is 0.166 e. The first kappa shape index (κ1) is 13.8. The Morgan fingerprint density at radius 3 is 2.90 bits per heavy atom. The highest BCUT2D eigenvalue weighted by Gasteiger charge is 2.07. The molecular weight excluding hydrogens is 282 g/mol. The van der Waals surface area contributed by atoms with Gasteiger partial charge in [0.2, 0.25) is 0 Å². The van der Waals surface area contributed by atoms with Crippen LogP contribution < -0.4 is 10.5 Å². The molecule has 0 amide bonds. The lowest BCUT2D eigenvalue weighted by Gasteiger charge is -2.08. The van der Waals surface area contributed by atoms with Crippen LogP contribution in [0.5, 0.6) is 5.75 Å². The number of thioether (sulfide) groups is 1. The van der Waals surface area contributed by atoms with E-state index in [0.717, 1.165) is 33.3 Å². The van der Waals surface area contributed by atoms with Gasteiger partial charge in [0.1, 0.15) is 5.75 Å². The number of anilines is 1. The number of rotatable bonds is 4. The van der Waals surface area contributed by atoms with Crippen molar-refractivity contribution in [1.29, 1.82) is 0 Å². The number of nitrogen functional groups attached to an aromatic ring is 1. The van der Waals surface area contributed by atoms with Crippen LogP contribution in [0.4, 0.5) is 5.69 Å². The van der Waals surface area contributed by atoms with E-state index in [1.54, 1.807) is 18.9 Å². The van der Waals surface area contributed by atoms with Gasteiger partial charge in [-0.3, -0.25) is 0 Å². The molecule has 3 rings (SSSR count). The van der Waals surface area contributed by atoms with Crippen LogP contribution in [0.15, 0.2) is 41.6 Å². The quantitative estimate of drug-likeness (QED) is 0.569. The fourth-order valence-corrected chi connectivity index (χ4v) is 3.07. The molecule has 3 N–H and O–H groups in total. The summed E-state index contributed by atoms with van der Waals surface area (Å²) in [7, 11) is 1.66. The average molecular weight is 299 g/mol. The standard InChI is InChI=1S/C16H17N3OS/c1-10-3-6-13-14(7-10)19-16(18-13)21-9-11-4-5-12(17)8-15(11)20-2/h3-8H,9,17H2,1-2H3,(H,18,19). The summed E-state index contributed by atoms with van der Waals surface area (Å²) in [6.07, 6.45) is 0. The molecule has 0 atom stereocenters. The number of nitrogens with two attached hydrogens (primary N) is 1. The van der Waals surface area contributed by atoms with Crippen LogP contribution in [0.2, 0.25) is 0 Å². The molecule has 0 aliphatic carbocycles. The first-order chi connectivity index (χ1) is 10.2. The van der Waals surface area contributed by atoms with E-state index < -0.39 is 0 Å². The van der Waals surface area contributed by atoms with Crippen molar-refractivity contribution in [3.8, 4) is 5.75 Å². The van der Waals surface area contributed by atoms with Crippen LogP contribution in [-0.4, -0.2) is 17.1 Å². The highest BCUT2D eigenvalue weighted by Crippen LogP contribution is 2.29. The third-order valence-electron chi connectivity index (χ3n) is 3.29. The summed E-state index contributed by atoms with van der Waals surface area (Å²) in [5, 5.41) is 0.912. The minimum Gasteiger partial charge on any atom is -0.496 e. The van der Waals surface area contributed by atoms with Crippen molar-refractivity contribution in [2.24, 2.45) is 0 Å². The number of hydrogen-bond donors (Lipinski definition) is 2. The Hall–Kier alpha value is -2.14. The maximum atomic E-state index is 5.77. The Morgan fingerprint density at radius 1 is 1.24 bits per heavy atom. The minimum absolute atomic E-state index is 0.708. The van der Waals surface area contributed by atoms with E-state index in [1.165, 1.54) is 5.56 Å². The number of ether oxygens (including phenoxy) is 1. The largest absolute Gasteiger partial charge is 0.496 e. The Morgan fingerprint density at radius 2 is 2.10 bits per heavy atom. The molecular formula is C16H17N3OS. The molecule has 0 aliphatic rings. The van der Waals surface area contributed by atoms with Crippen molar-refractivity contribution in [2.45, 2.75) is 17.8 Å². The number of benzene rings is 2. The number of hydrogen-bond acceptors (Lipinski definition) is 4. The first-order valence-electron chi connectivity index (χ1n) is 6.67. The van der Waals surface area contributed by atoms with E-state index in [0.29, 0.717) is 5.69 Å². The fraction of sp³-hybridized carbons (Fsp3) is 0.188. The molecule has 2 aromatic carbocycles. The van der Waals surface area contributed by atoms with Crippen molar-refractivity contribution in [3.63, 3.8) is 0 Å². The molecule has 5 heteroatoms. The van der Waals surface area contributed by atoms with Crippen molar-refractivity contribution in [2.75, 3.05) is 12.8 Å². The molecule has 0 saturated carbocycles. The number of imidazole rings is 1. The molecule has 0 bridgehead atoms. The number of nitrogens with zero attached hydrogens (tertiary/aromatic N) is 1. The minimum atomic E-state index is 0.708. The van der Waals surface area contributed by atoms with Crippen LogP contribution in [0.1, 0.15) is 11.1 Å². The number of aryl methyl sites for hydroxylation is 1. The summed E-state index contributed by atoms with van der Waals surface area (Å²) < 4.78 is 5.37. The molecule has 4 nitrogen and oxygen atoms in total. The Labute approximate surface area is 127 Å². The van der Waals surface area contributed by atoms with Crippen molar-refractivity contribution in [1.82, 2.24) is 9.97 Å². The zero-order chi connectivity index (χ0) is 14.8. The zero-order valence-corrected chi connectivity index (χ0v) is 12.8. The lowest BCUT2D eigenvalue weighted by Crippen LogP contribution is -1.93. The smallest absolute Gasteiger partial charge is 0.166 e. The van der Waals surface area contributed by atoms with Gasteiger partial charge in [-0.15, -0.1) is 0 Å². The van der Waals surface area contributed by atoms with Gasteiger partial charge in [0.15, 0.2) is 5.16 Å². The number of fused-ring (bicyclic) bond motifs is 1. The summed E-state index contributed by atoms with van der Waals surface area (Å²) in [5.41, 5.74) is 10.9. The number of aromatic amines is 1.